The summed E-state index contributed by atoms with van der Waals surface area (Å²) in [6, 6.07) is 18.6. The highest BCUT2D eigenvalue weighted by molar-refractivity contribution is 5.89. The van der Waals surface area contributed by atoms with E-state index in [9.17, 15) is 4.79 Å². The van der Waals surface area contributed by atoms with Gasteiger partial charge in [0.2, 0.25) is 11.8 Å². The van der Waals surface area contributed by atoms with Crippen molar-refractivity contribution >= 4 is 23.1 Å². The summed E-state index contributed by atoms with van der Waals surface area (Å²) in [5.41, 5.74) is 7.28. The van der Waals surface area contributed by atoms with Crippen LogP contribution >= 0.6 is 0 Å². The molecule has 2 saturated heterocycles. The summed E-state index contributed by atoms with van der Waals surface area (Å²) >= 11 is 0. The number of benzene rings is 2. The number of hydrogen-bond acceptors (Lipinski definition) is 10. The highest BCUT2D eigenvalue weighted by Gasteiger charge is 2.64. The molecule has 0 saturated carbocycles. The van der Waals surface area contributed by atoms with E-state index < -0.39 is 30.0 Å². The SMILES string of the molecule is CCOc1nc(N)nc2c1ncn2C1OC2(COC(=O)c3ccccc3)COC1C2OCc1ccccc1. The van der Waals surface area contributed by atoms with E-state index in [1.165, 1.54) is 0 Å². The molecule has 0 spiro atoms. The minimum atomic E-state index is -1.04. The molecule has 2 aliphatic heterocycles. The minimum Gasteiger partial charge on any atom is -0.476 e. The smallest absolute Gasteiger partial charge is 0.338 e. The fourth-order valence-corrected chi connectivity index (χ4v) is 4.90. The van der Waals surface area contributed by atoms with Crippen molar-refractivity contribution in [3.05, 3.63) is 78.1 Å². The van der Waals surface area contributed by atoms with Crippen LogP contribution in [0.25, 0.3) is 11.2 Å². The van der Waals surface area contributed by atoms with Gasteiger partial charge in [-0.05, 0) is 24.6 Å². The van der Waals surface area contributed by atoms with Gasteiger partial charge in [0.25, 0.3) is 0 Å². The number of fused-ring (bicyclic) bond motifs is 3. The zero-order chi connectivity index (χ0) is 26.1. The Balaban J connectivity index is 1.31. The van der Waals surface area contributed by atoms with Gasteiger partial charge in [0.05, 0.1) is 31.7 Å². The maximum atomic E-state index is 12.8. The first-order chi connectivity index (χ1) is 18.6. The summed E-state index contributed by atoms with van der Waals surface area (Å²) in [6.07, 6.45) is -0.111. The van der Waals surface area contributed by atoms with Crippen molar-refractivity contribution in [3.63, 3.8) is 0 Å². The van der Waals surface area contributed by atoms with Crippen molar-refractivity contribution in [2.75, 3.05) is 25.6 Å². The van der Waals surface area contributed by atoms with Gasteiger partial charge in [-0.2, -0.15) is 9.97 Å². The van der Waals surface area contributed by atoms with E-state index in [1.807, 2.05) is 43.3 Å². The number of anilines is 1. The molecule has 196 valence electrons. The molecule has 2 aromatic heterocycles. The molecular formula is C27H27N5O6. The Hall–Kier alpha value is -4.06. The maximum Gasteiger partial charge on any atom is 0.338 e. The predicted molar refractivity (Wildman–Crippen MR) is 135 cm³/mol. The Morgan fingerprint density at radius 1 is 1.13 bits per heavy atom. The molecule has 2 N–H and O–H groups in total. The van der Waals surface area contributed by atoms with Crippen LogP contribution in [0.5, 0.6) is 5.88 Å². The minimum absolute atomic E-state index is 0.0511. The summed E-state index contributed by atoms with van der Waals surface area (Å²) in [6.45, 7) is 2.73. The molecule has 0 radical (unpaired) electrons. The normalized spacial score (nSPS) is 24.1. The van der Waals surface area contributed by atoms with Gasteiger partial charge < -0.3 is 29.4 Å². The second-order valence-electron chi connectivity index (χ2n) is 9.15. The van der Waals surface area contributed by atoms with Crippen LogP contribution in [0.3, 0.4) is 0 Å². The third-order valence-electron chi connectivity index (χ3n) is 6.66. The molecular weight excluding hydrogens is 490 g/mol. The number of nitrogens with zero attached hydrogens (tertiary/aromatic N) is 4. The lowest BCUT2D eigenvalue weighted by molar-refractivity contribution is -0.187. The van der Waals surface area contributed by atoms with Crippen molar-refractivity contribution in [3.8, 4) is 5.88 Å². The molecule has 0 aliphatic carbocycles. The fraction of sp³-hybridized carbons (Fsp3) is 0.333. The van der Waals surface area contributed by atoms with Crippen molar-refractivity contribution in [2.45, 2.75) is 37.6 Å². The third-order valence-corrected chi connectivity index (χ3v) is 6.66. The van der Waals surface area contributed by atoms with E-state index >= 15 is 0 Å². The van der Waals surface area contributed by atoms with Gasteiger partial charge in [-0.1, -0.05) is 48.5 Å². The second-order valence-corrected chi connectivity index (χ2v) is 9.15. The van der Waals surface area contributed by atoms with Gasteiger partial charge in [-0.15, -0.1) is 0 Å². The van der Waals surface area contributed by atoms with Gasteiger partial charge in [-0.3, -0.25) is 4.57 Å². The average molecular weight is 518 g/mol. The van der Waals surface area contributed by atoms with Gasteiger partial charge in [0, 0.05) is 0 Å². The van der Waals surface area contributed by atoms with Crippen molar-refractivity contribution in [1.29, 1.82) is 0 Å². The Labute approximate surface area is 218 Å². The zero-order valence-electron chi connectivity index (χ0n) is 20.7. The summed E-state index contributed by atoms with van der Waals surface area (Å²) in [4.78, 5) is 25.8. The van der Waals surface area contributed by atoms with E-state index in [2.05, 4.69) is 15.0 Å². The number of hydrogen-bond donors (Lipinski definition) is 1. The highest BCUT2D eigenvalue weighted by Crippen LogP contribution is 2.48. The highest BCUT2D eigenvalue weighted by atomic mass is 16.7. The Bertz CT molecular complexity index is 1430. The van der Waals surface area contributed by atoms with Crippen LogP contribution in [0.1, 0.15) is 29.1 Å². The predicted octanol–water partition coefficient (Wildman–Crippen LogP) is 2.92. The van der Waals surface area contributed by atoms with E-state index in [4.69, 9.17) is 29.4 Å². The molecule has 11 heteroatoms. The average Bonchev–Trinajstić information content (AvgIpc) is 3.61. The summed E-state index contributed by atoms with van der Waals surface area (Å²) in [5.74, 6) is -0.108. The van der Waals surface area contributed by atoms with Crippen molar-refractivity contribution < 1.29 is 28.5 Å². The molecule has 0 amide bonds. The van der Waals surface area contributed by atoms with Crippen LogP contribution in [0.4, 0.5) is 5.95 Å². The van der Waals surface area contributed by atoms with Gasteiger partial charge in [0.15, 0.2) is 23.0 Å². The lowest BCUT2D eigenvalue weighted by atomic mass is 10.00. The largest absolute Gasteiger partial charge is 0.476 e. The Morgan fingerprint density at radius 2 is 1.89 bits per heavy atom. The lowest BCUT2D eigenvalue weighted by Gasteiger charge is -2.31. The number of ether oxygens (including phenoxy) is 5. The lowest BCUT2D eigenvalue weighted by Crippen LogP contribution is -2.46. The topological polar surface area (TPSA) is 133 Å². The van der Waals surface area contributed by atoms with Crippen molar-refractivity contribution in [1.82, 2.24) is 19.5 Å². The molecule has 2 fully saturated rings. The first-order valence-electron chi connectivity index (χ1n) is 12.4. The summed E-state index contributed by atoms with van der Waals surface area (Å²) in [7, 11) is 0. The number of esters is 1. The van der Waals surface area contributed by atoms with Crippen LogP contribution in [0.2, 0.25) is 0 Å². The first-order valence-corrected chi connectivity index (χ1v) is 12.4. The van der Waals surface area contributed by atoms with Gasteiger partial charge >= 0.3 is 5.97 Å². The summed E-state index contributed by atoms with van der Waals surface area (Å²) < 4.78 is 32.2. The second kappa shape index (κ2) is 10.0. The molecule has 38 heavy (non-hydrogen) atoms. The molecule has 2 bridgehead atoms. The molecule has 2 aliphatic rings. The van der Waals surface area contributed by atoms with Gasteiger partial charge in [0.1, 0.15) is 18.8 Å². The third kappa shape index (κ3) is 4.34. The van der Waals surface area contributed by atoms with E-state index in [0.29, 0.717) is 35.8 Å². The molecule has 4 unspecified atom stereocenters. The molecule has 4 heterocycles. The molecule has 4 atom stereocenters. The quantitative estimate of drug-likeness (QED) is 0.330. The number of nitrogen functional groups attached to an aromatic ring is 1. The Morgan fingerprint density at radius 3 is 2.66 bits per heavy atom. The number of imidazole rings is 1. The summed E-state index contributed by atoms with van der Waals surface area (Å²) in [5, 5.41) is 0. The first kappa shape index (κ1) is 24.3. The van der Waals surface area contributed by atoms with Crippen LogP contribution < -0.4 is 10.5 Å². The zero-order valence-corrected chi connectivity index (χ0v) is 20.7. The number of carbonyl (C=O) groups excluding carboxylic acids is 1. The standard InChI is InChI=1S/C27H27N5O6/c1-2-34-23-19-22(30-26(28)31-23)32(16-29-19)24-20-21(35-13-17-9-5-3-6-10-17)27(38-24,14-36-20)15-37-25(33)18-11-7-4-8-12-18/h3-12,16,20-21,24H,2,13-15H2,1H3,(H2,28,30,31). The molecule has 4 aromatic rings. The maximum absolute atomic E-state index is 12.8. The molecule has 2 aromatic carbocycles. The van der Waals surface area contributed by atoms with E-state index in [-0.39, 0.29) is 19.2 Å². The monoisotopic (exact) mass is 517 g/mol. The Kier molecular flexibility index (Phi) is 6.40. The number of carbonyl (C=O) groups is 1. The van der Waals surface area contributed by atoms with Crippen molar-refractivity contribution in [2.24, 2.45) is 0 Å². The number of rotatable bonds is 9. The number of nitrogens with two attached hydrogens (primary N) is 1. The fourth-order valence-electron chi connectivity index (χ4n) is 4.90. The van der Waals surface area contributed by atoms with Crippen LogP contribution in [-0.2, 0) is 25.6 Å². The van der Waals surface area contributed by atoms with Crippen LogP contribution in [0.15, 0.2) is 67.0 Å². The molecule has 11 nitrogen and oxygen atoms in total. The van der Waals surface area contributed by atoms with E-state index in [0.717, 1.165) is 5.56 Å². The van der Waals surface area contributed by atoms with Crippen LogP contribution in [-0.4, -0.2) is 63.1 Å². The number of aromatic nitrogens is 4. The molecule has 6 rings (SSSR count). The van der Waals surface area contributed by atoms with E-state index in [1.54, 1.807) is 35.2 Å². The van der Waals surface area contributed by atoms with Crippen LogP contribution in [0, 0.1) is 0 Å². The van der Waals surface area contributed by atoms with Gasteiger partial charge in [-0.25, -0.2) is 9.78 Å².